The second-order valence-electron chi connectivity index (χ2n) is 1.23. The van der Waals surface area contributed by atoms with E-state index in [-0.39, 0.29) is 5.48 Å². The van der Waals surface area contributed by atoms with Crippen molar-refractivity contribution in [3.05, 3.63) is 25.3 Å². The lowest BCUT2D eigenvalue weighted by molar-refractivity contribution is -0.228. The summed E-state index contributed by atoms with van der Waals surface area (Å²) in [5.41, 5.74) is 0. The van der Waals surface area contributed by atoms with Crippen molar-refractivity contribution in [2.45, 2.75) is 0 Å². The first-order chi connectivity index (χ1) is 5.62. The molecule has 0 amide bonds. The van der Waals surface area contributed by atoms with Gasteiger partial charge in [-0.15, -0.1) is 0 Å². The van der Waals surface area contributed by atoms with E-state index in [2.05, 4.69) is 22.9 Å². The molecule has 0 aromatic rings. The van der Waals surface area contributed by atoms with E-state index in [4.69, 9.17) is 10.5 Å². The molecule has 0 aliphatic rings. The van der Waals surface area contributed by atoms with Gasteiger partial charge in [-0.25, -0.2) is 9.59 Å². The molecule has 0 unspecified atom stereocenters. The lowest BCUT2D eigenvalue weighted by Crippen LogP contribution is -1.92. The summed E-state index contributed by atoms with van der Waals surface area (Å²) in [5.74, 6) is -1.68. The van der Waals surface area contributed by atoms with Gasteiger partial charge >= 0.3 is 11.9 Å². The Labute approximate surface area is 73.7 Å². The van der Waals surface area contributed by atoms with Crippen LogP contribution in [0, 0.1) is 0 Å². The summed E-state index contributed by atoms with van der Waals surface area (Å²) in [4.78, 5) is 25.5. The zero-order chi connectivity index (χ0) is 9.98. The molecule has 0 radical (unpaired) electrons. The van der Waals surface area contributed by atoms with Gasteiger partial charge in [0.15, 0.2) is 0 Å². The number of hydrogen-bond donors (Lipinski definition) is 2. The fraction of sp³-hybridized carbons (Fsp3) is 0. The predicted molar refractivity (Wildman–Crippen MR) is 41.4 cm³/mol. The van der Waals surface area contributed by atoms with Crippen LogP contribution in [-0.4, -0.2) is 27.9 Å². The van der Waals surface area contributed by atoms with Crippen molar-refractivity contribution in [2.75, 3.05) is 0 Å². The second kappa shape index (κ2) is 12.9. The molecule has 7 nitrogen and oxygen atoms in total. The van der Waals surface area contributed by atoms with E-state index in [0.29, 0.717) is 0 Å². The Kier molecular flexibility index (Phi) is 17.3. The fourth-order valence-electron chi connectivity index (χ4n) is 0.0745. The standard InChI is InChI=1S/2C3H4O3.H2O/c2*1-2-3(4)6-5;/h2*2,5H,1H2;1H2. The molecule has 0 aliphatic heterocycles. The van der Waals surface area contributed by atoms with Crippen LogP contribution in [0.2, 0.25) is 0 Å². The Morgan fingerprint density at radius 2 is 1.23 bits per heavy atom. The molecule has 7 heteroatoms. The molecule has 0 aromatic carbocycles. The molecular weight excluding hydrogens is 184 g/mol. The SMILES string of the molecule is C=CC(=O)OO.C=CC(=O)OO.O. The fourth-order valence-corrected chi connectivity index (χ4v) is 0.0745. The molecule has 0 bridgehead atoms. The maximum atomic E-state index is 9.59. The topological polar surface area (TPSA) is 125 Å². The van der Waals surface area contributed by atoms with E-state index in [9.17, 15) is 9.59 Å². The molecule has 0 saturated carbocycles. The van der Waals surface area contributed by atoms with E-state index in [0.717, 1.165) is 12.2 Å². The highest BCUT2D eigenvalue weighted by Gasteiger charge is 1.85. The summed E-state index contributed by atoms with van der Waals surface area (Å²) in [6.45, 7) is 5.99. The molecule has 76 valence electrons. The van der Waals surface area contributed by atoms with Gasteiger partial charge in [-0.3, -0.25) is 9.78 Å². The minimum Gasteiger partial charge on any atom is -0.412 e. The lowest BCUT2D eigenvalue weighted by Gasteiger charge is -1.78. The molecular formula is C6H10O7. The van der Waals surface area contributed by atoms with Crippen LogP contribution in [0.25, 0.3) is 0 Å². The van der Waals surface area contributed by atoms with Crippen molar-refractivity contribution in [1.29, 1.82) is 0 Å². The smallest absolute Gasteiger partial charge is 0.365 e. The van der Waals surface area contributed by atoms with Crippen molar-refractivity contribution in [1.82, 2.24) is 0 Å². The maximum absolute atomic E-state index is 9.59. The second-order valence-corrected chi connectivity index (χ2v) is 1.23. The van der Waals surface area contributed by atoms with Gasteiger partial charge in [-0.05, 0) is 0 Å². The molecule has 0 heterocycles. The highest BCUT2D eigenvalue weighted by Crippen LogP contribution is 1.67. The average molecular weight is 194 g/mol. The van der Waals surface area contributed by atoms with Gasteiger partial charge in [0.1, 0.15) is 0 Å². The maximum Gasteiger partial charge on any atom is 0.365 e. The number of hydrogen-bond acceptors (Lipinski definition) is 6. The van der Waals surface area contributed by atoms with Crippen molar-refractivity contribution >= 4 is 11.9 Å². The van der Waals surface area contributed by atoms with Gasteiger partial charge in [-0.2, -0.15) is 10.5 Å². The highest BCUT2D eigenvalue weighted by atomic mass is 17.1. The van der Waals surface area contributed by atoms with Crippen LogP contribution in [0.1, 0.15) is 0 Å². The van der Waals surface area contributed by atoms with Crippen LogP contribution >= 0.6 is 0 Å². The summed E-state index contributed by atoms with van der Waals surface area (Å²) in [7, 11) is 0. The van der Waals surface area contributed by atoms with E-state index in [1.807, 2.05) is 0 Å². The van der Waals surface area contributed by atoms with Gasteiger partial charge in [-0.1, -0.05) is 13.2 Å². The minimum atomic E-state index is -0.838. The zero-order valence-corrected chi connectivity index (χ0v) is 6.60. The van der Waals surface area contributed by atoms with Crippen LogP contribution in [0.3, 0.4) is 0 Å². The third kappa shape index (κ3) is 17.9. The monoisotopic (exact) mass is 194 g/mol. The van der Waals surface area contributed by atoms with Gasteiger partial charge in [0.05, 0.1) is 0 Å². The first-order valence-corrected chi connectivity index (χ1v) is 2.58. The van der Waals surface area contributed by atoms with Gasteiger partial charge in [0.25, 0.3) is 0 Å². The summed E-state index contributed by atoms with van der Waals surface area (Å²) >= 11 is 0. The Morgan fingerprint density at radius 1 is 1.00 bits per heavy atom. The molecule has 0 aliphatic carbocycles. The Balaban J connectivity index is -0.000000143. The summed E-state index contributed by atoms with van der Waals surface area (Å²) in [6.07, 6.45) is 1.72. The molecule has 0 aromatic heterocycles. The molecule has 13 heavy (non-hydrogen) atoms. The largest absolute Gasteiger partial charge is 0.412 e. The van der Waals surface area contributed by atoms with Crippen molar-refractivity contribution in [3.63, 3.8) is 0 Å². The predicted octanol–water partition coefficient (Wildman–Crippen LogP) is -0.447. The highest BCUT2D eigenvalue weighted by molar-refractivity contribution is 5.80. The number of rotatable bonds is 2. The zero-order valence-electron chi connectivity index (χ0n) is 6.60. The minimum absolute atomic E-state index is 0. The summed E-state index contributed by atoms with van der Waals surface area (Å²) in [6, 6.07) is 0. The third-order valence-corrected chi connectivity index (χ3v) is 0.513. The van der Waals surface area contributed by atoms with Crippen LogP contribution in [0.4, 0.5) is 0 Å². The number of carbonyl (C=O) groups is 2. The van der Waals surface area contributed by atoms with Crippen LogP contribution in [-0.2, 0) is 19.4 Å². The first-order valence-electron chi connectivity index (χ1n) is 2.58. The Hall–Kier alpha value is -1.70. The van der Waals surface area contributed by atoms with Gasteiger partial charge in [0, 0.05) is 12.2 Å². The molecule has 4 N–H and O–H groups in total. The quantitative estimate of drug-likeness (QED) is 0.348. The molecule has 0 spiro atoms. The molecule has 0 fully saturated rings. The van der Waals surface area contributed by atoms with Gasteiger partial charge < -0.3 is 5.48 Å². The van der Waals surface area contributed by atoms with E-state index >= 15 is 0 Å². The molecule has 0 rings (SSSR count). The Morgan fingerprint density at radius 3 is 1.23 bits per heavy atom. The lowest BCUT2D eigenvalue weighted by atomic mass is 10.7. The third-order valence-electron chi connectivity index (χ3n) is 0.513. The van der Waals surface area contributed by atoms with Crippen molar-refractivity contribution in [3.8, 4) is 0 Å². The average Bonchev–Trinajstić information content (AvgIpc) is 2.16. The summed E-state index contributed by atoms with van der Waals surface area (Å²) < 4.78 is 0. The summed E-state index contributed by atoms with van der Waals surface area (Å²) in [5, 5.41) is 14.8. The van der Waals surface area contributed by atoms with Crippen molar-refractivity contribution < 1.29 is 35.4 Å². The van der Waals surface area contributed by atoms with E-state index in [1.165, 1.54) is 0 Å². The van der Waals surface area contributed by atoms with Crippen molar-refractivity contribution in [2.24, 2.45) is 0 Å². The van der Waals surface area contributed by atoms with Crippen LogP contribution in [0.5, 0.6) is 0 Å². The first kappa shape index (κ1) is 17.4. The van der Waals surface area contributed by atoms with E-state index < -0.39 is 11.9 Å². The van der Waals surface area contributed by atoms with Crippen LogP contribution < -0.4 is 0 Å². The van der Waals surface area contributed by atoms with Crippen LogP contribution in [0.15, 0.2) is 25.3 Å². The number of carbonyl (C=O) groups excluding carboxylic acids is 2. The Bertz CT molecular complexity index is 154. The molecule has 0 atom stereocenters. The van der Waals surface area contributed by atoms with E-state index in [1.54, 1.807) is 0 Å². The normalized spacial score (nSPS) is 6.31. The van der Waals surface area contributed by atoms with Gasteiger partial charge in [0.2, 0.25) is 0 Å². The molecule has 0 saturated heterocycles.